The molecule has 0 heterocycles. The summed E-state index contributed by atoms with van der Waals surface area (Å²) < 4.78 is 25.9. The van der Waals surface area contributed by atoms with E-state index in [1.807, 2.05) is 79.7 Å². The normalized spacial score (nSPS) is 10.9. The summed E-state index contributed by atoms with van der Waals surface area (Å²) >= 11 is 0. The fourth-order valence-electron chi connectivity index (χ4n) is 3.11. The summed E-state index contributed by atoms with van der Waals surface area (Å²) in [6, 6.07) is 32.8. The molecular weight excluding hydrogens is 453 g/mol. The van der Waals surface area contributed by atoms with Crippen LogP contribution in [-0.2, 0) is 42.5 Å². The van der Waals surface area contributed by atoms with Crippen LogP contribution < -0.4 is 0 Å². The summed E-state index contributed by atoms with van der Waals surface area (Å²) in [6.45, 7) is 2.04. The molecule has 4 aromatic rings. The Morgan fingerprint density at radius 3 is 1.31 bits per heavy atom. The Hall–Kier alpha value is -2.07. The fraction of sp³-hybridized carbons (Fsp3) is 0.0400. The molecule has 2 nitrogen and oxygen atoms in total. The molecule has 0 unspecified atom stereocenters. The van der Waals surface area contributed by atoms with Crippen molar-refractivity contribution in [2.24, 2.45) is 0 Å². The maximum atomic E-state index is 13.0. The third-order valence-electron chi connectivity index (χ3n) is 4.77. The van der Waals surface area contributed by atoms with Gasteiger partial charge in [-0.2, -0.15) is 30.3 Å². The molecule has 0 aromatic heterocycles. The van der Waals surface area contributed by atoms with Crippen molar-refractivity contribution in [3.05, 3.63) is 109 Å². The molecule has 0 amide bonds. The smallest absolute Gasteiger partial charge is 0.206 e. The van der Waals surface area contributed by atoms with Gasteiger partial charge in [-0.1, -0.05) is 54.1 Å². The number of rotatable bonds is 4. The average molecular weight is 472 g/mol. The monoisotopic (exact) mass is 472 g/mol. The van der Waals surface area contributed by atoms with Gasteiger partial charge in [-0.3, -0.25) is 0 Å². The van der Waals surface area contributed by atoms with Gasteiger partial charge in [0.2, 0.25) is 9.84 Å². The van der Waals surface area contributed by atoms with Gasteiger partial charge in [0.15, 0.2) is 0 Å². The van der Waals surface area contributed by atoms with E-state index in [1.165, 1.54) is 5.56 Å². The Morgan fingerprint density at radius 1 is 0.552 bits per heavy atom. The molecule has 141 valence electrons. The first kappa shape index (κ1) is 21.6. The van der Waals surface area contributed by atoms with Gasteiger partial charge < -0.3 is 0 Å². The van der Waals surface area contributed by atoms with E-state index < -0.39 is 9.84 Å². The summed E-state index contributed by atoms with van der Waals surface area (Å²) in [7, 11) is -3.55. The van der Waals surface area contributed by atoms with Crippen LogP contribution in [-0.4, -0.2) is 8.42 Å². The molecule has 0 spiro atoms. The molecule has 0 saturated heterocycles. The summed E-state index contributed by atoms with van der Waals surface area (Å²) in [5, 5.41) is 0. The zero-order valence-corrected chi connectivity index (χ0v) is 19.7. The van der Waals surface area contributed by atoms with E-state index in [0.29, 0.717) is 9.79 Å². The van der Waals surface area contributed by atoms with E-state index in [4.69, 9.17) is 0 Å². The van der Waals surface area contributed by atoms with Crippen LogP contribution in [0.25, 0.3) is 22.3 Å². The Balaban J connectivity index is 0.00000240. The molecule has 29 heavy (non-hydrogen) atoms. The van der Waals surface area contributed by atoms with Crippen molar-refractivity contribution in [2.75, 3.05) is 0 Å². The first-order valence-electron chi connectivity index (χ1n) is 9.03. The Morgan fingerprint density at radius 2 is 0.897 bits per heavy atom. The molecule has 0 bridgehead atoms. The van der Waals surface area contributed by atoms with E-state index in [2.05, 4.69) is 6.07 Å². The Bertz CT molecular complexity index is 1180. The van der Waals surface area contributed by atoms with Crippen molar-refractivity contribution in [2.45, 2.75) is 16.7 Å². The number of sulfone groups is 1. The molecule has 0 N–H and O–H groups in total. The zero-order valence-electron chi connectivity index (χ0n) is 16.0. The van der Waals surface area contributed by atoms with Gasteiger partial charge in [-0.25, -0.2) is 8.42 Å². The molecule has 0 aliphatic carbocycles. The van der Waals surface area contributed by atoms with Crippen molar-refractivity contribution in [3.63, 3.8) is 0 Å². The minimum atomic E-state index is -3.55. The number of hydrogen-bond donors (Lipinski definition) is 0. The van der Waals surface area contributed by atoms with Crippen LogP contribution >= 0.6 is 0 Å². The Kier molecular flexibility index (Phi) is 6.84. The van der Waals surface area contributed by atoms with E-state index >= 15 is 0 Å². The molecule has 1 radical (unpaired) electrons. The van der Waals surface area contributed by atoms with E-state index in [9.17, 15) is 8.42 Å². The summed E-state index contributed by atoms with van der Waals surface area (Å²) in [4.78, 5) is 0.590. The maximum Gasteiger partial charge on any atom is 0.206 e. The molecule has 4 rings (SSSR count). The van der Waals surface area contributed by atoms with Gasteiger partial charge in [-0.15, -0.1) is 5.56 Å². The maximum absolute atomic E-state index is 13.0. The average Bonchev–Trinajstić information content (AvgIpc) is 2.75. The third kappa shape index (κ3) is 4.75. The summed E-state index contributed by atoms with van der Waals surface area (Å²) in [5.41, 5.74) is 5.27. The number of hydrogen-bond acceptors (Lipinski definition) is 2. The van der Waals surface area contributed by atoms with Crippen molar-refractivity contribution in [3.8, 4) is 22.3 Å². The quantitative estimate of drug-likeness (QED) is 0.344. The van der Waals surface area contributed by atoms with E-state index in [1.54, 1.807) is 24.3 Å². The van der Waals surface area contributed by atoms with Crippen LogP contribution in [0.4, 0.5) is 0 Å². The second-order valence-corrected chi connectivity index (χ2v) is 8.66. The van der Waals surface area contributed by atoms with E-state index in [0.717, 1.165) is 22.3 Å². The van der Waals surface area contributed by atoms with Crippen LogP contribution in [0, 0.1) is 13.0 Å². The third-order valence-corrected chi connectivity index (χ3v) is 6.55. The van der Waals surface area contributed by atoms with Crippen LogP contribution in [0.5, 0.6) is 0 Å². The summed E-state index contributed by atoms with van der Waals surface area (Å²) in [6.07, 6.45) is 0. The van der Waals surface area contributed by atoms with Gasteiger partial charge in [0.05, 0.1) is 9.79 Å². The van der Waals surface area contributed by atoms with Crippen LogP contribution in [0.2, 0.25) is 0 Å². The Labute approximate surface area is 197 Å². The minimum absolute atomic E-state index is 0. The van der Waals surface area contributed by atoms with Crippen LogP contribution in [0.15, 0.2) is 107 Å². The van der Waals surface area contributed by atoms with Crippen LogP contribution in [0.1, 0.15) is 5.56 Å². The standard InChI is InChI=1S/C25H19O2S.Y/c1-19-7-9-21(10-8-19)23-13-17-25(18-14-23)28(26,27)24-15-11-22(12-16-24)20-5-3-2-4-6-20;/h3-18H,1H3;/q-1;. The molecule has 0 aliphatic heterocycles. The second kappa shape index (κ2) is 9.17. The molecular formula is C25H19O2SY-. The van der Waals surface area contributed by atoms with Crippen molar-refractivity contribution in [1.82, 2.24) is 0 Å². The second-order valence-electron chi connectivity index (χ2n) is 6.71. The van der Waals surface area contributed by atoms with Gasteiger partial charge in [-0.05, 0) is 47.9 Å². The van der Waals surface area contributed by atoms with E-state index in [-0.39, 0.29) is 32.7 Å². The largest absolute Gasteiger partial charge is 0.219 e. The first-order chi connectivity index (χ1) is 13.5. The van der Waals surface area contributed by atoms with Crippen molar-refractivity contribution in [1.29, 1.82) is 0 Å². The molecule has 4 aromatic carbocycles. The molecule has 0 fully saturated rings. The van der Waals surface area contributed by atoms with Gasteiger partial charge in [0.25, 0.3) is 0 Å². The van der Waals surface area contributed by atoms with Crippen molar-refractivity contribution >= 4 is 9.84 Å². The van der Waals surface area contributed by atoms with Gasteiger partial charge in [0, 0.05) is 32.7 Å². The molecule has 0 atom stereocenters. The van der Waals surface area contributed by atoms with Gasteiger partial charge in [0.1, 0.15) is 0 Å². The minimum Gasteiger partial charge on any atom is -0.219 e. The SMILES string of the molecule is Cc1ccc(-c2ccc(S(=O)(=O)c3ccc(-c4cc[c-]cc4)cc3)cc2)cc1.[Y]. The van der Waals surface area contributed by atoms with Gasteiger partial charge >= 0.3 is 0 Å². The number of benzene rings is 4. The predicted octanol–water partition coefficient (Wildman–Crippen LogP) is 5.96. The topological polar surface area (TPSA) is 34.1 Å². The summed E-state index contributed by atoms with van der Waals surface area (Å²) in [5.74, 6) is 0. The van der Waals surface area contributed by atoms with Crippen LogP contribution in [0.3, 0.4) is 0 Å². The van der Waals surface area contributed by atoms with Crippen molar-refractivity contribution < 1.29 is 41.1 Å². The molecule has 0 saturated carbocycles. The molecule has 4 heteroatoms. The molecule has 0 aliphatic rings. The predicted molar refractivity (Wildman–Crippen MR) is 113 cm³/mol. The first-order valence-corrected chi connectivity index (χ1v) is 10.5. The fourth-order valence-corrected chi connectivity index (χ4v) is 4.38. The number of aryl methyl sites for hydroxylation is 1. The zero-order chi connectivity index (χ0) is 19.6.